The molecular weight excluding hydrogens is 308 g/mol. The lowest BCUT2D eigenvalue weighted by molar-refractivity contribution is 0.0494. The molecule has 2 rings (SSSR count). The number of hydrogen-bond acceptors (Lipinski definition) is 4. The van der Waals surface area contributed by atoms with Gasteiger partial charge in [-0.25, -0.2) is 4.79 Å². The number of para-hydroxylation sites is 1. The highest BCUT2D eigenvalue weighted by molar-refractivity contribution is 7.99. The van der Waals surface area contributed by atoms with Gasteiger partial charge in [0.1, 0.15) is 17.3 Å². The van der Waals surface area contributed by atoms with Crippen LogP contribution < -0.4 is 4.74 Å². The highest BCUT2D eigenvalue weighted by Gasteiger charge is 2.13. The number of rotatable bonds is 9. The third kappa shape index (κ3) is 5.99. The van der Waals surface area contributed by atoms with E-state index in [-0.39, 0.29) is 5.97 Å². The lowest BCUT2D eigenvalue weighted by Crippen LogP contribution is -2.09. The van der Waals surface area contributed by atoms with Crippen LogP contribution in [0.4, 0.5) is 0 Å². The number of benzene rings is 2. The van der Waals surface area contributed by atoms with Crippen LogP contribution in [0, 0.1) is 0 Å². The molecule has 0 N–H and O–H groups in total. The van der Waals surface area contributed by atoms with E-state index in [1.54, 1.807) is 23.9 Å². The Balaban J connectivity index is 1.88. The summed E-state index contributed by atoms with van der Waals surface area (Å²) in [5.41, 5.74) is 0.484. The normalized spacial score (nSPS) is 10.3. The molecule has 2 aromatic rings. The van der Waals surface area contributed by atoms with Gasteiger partial charge in [0, 0.05) is 4.90 Å². The maximum Gasteiger partial charge on any atom is 0.341 e. The molecule has 23 heavy (non-hydrogen) atoms. The minimum absolute atomic E-state index is 0.318. The van der Waals surface area contributed by atoms with Crippen molar-refractivity contribution in [2.24, 2.45) is 0 Å². The van der Waals surface area contributed by atoms with Crippen LogP contribution in [0.5, 0.6) is 5.75 Å². The van der Waals surface area contributed by atoms with Crippen LogP contribution >= 0.6 is 11.8 Å². The van der Waals surface area contributed by atoms with Gasteiger partial charge in [-0.1, -0.05) is 61.9 Å². The van der Waals surface area contributed by atoms with E-state index in [1.807, 2.05) is 42.5 Å². The van der Waals surface area contributed by atoms with Gasteiger partial charge in [0.15, 0.2) is 0 Å². The van der Waals surface area contributed by atoms with E-state index in [2.05, 4.69) is 6.92 Å². The highest BCUT2D eigenvalue weighted by atomic mass is 32.2. The first-order valence-electron chi connectivity index (χ1n) is 7.88. The summed E-state index contributed by atoms with van der Waals surface area (Å²) in [6.07, 6.45) is 3.07. The Morgan fingerprint density at radius 1 is 1.00 bits per heavy atom. The van der Waals surface area contributed by atoms with Gasteiger partial charge in [0.2, 0.25) is 0 Å². The van der Waals surface area contributed by atoms with Gasteiger partial charge in [0.05, 0.1) is 6.61 Å². The Kier molecular flexibility index (Phi) is 7.54. The van der Waals surface area contributed by atoms with Crippen molar-refractivity contribution < 1.29 is 14.3 Å². The van der Waals surface area contributed by atoms with Gasteiger partial charge in [-0.15, -0.1) is 0 Å². The van der Waals surface area contributed by atoms with E-state index in [1.165, 1.54) is 0 Å². The minimum Gasteiger partial charge on any atom is -0.482 e. The summed E-state index contributed by atoms with van der Waals surface area (Å²) < 4.78 is 11.1. The van der Waals surface area contributed by atoms with Gasteiger partial charge in [0.25, 0.3) is 0 Å². The molecule has 0 atom stereocenters. The fourth-order valence-corrected chi connectivity index (χ4v) is 2.71. The number of hydrogen-bond donors (Lipinski definition) is 0. The molecule has 4 heteroatoms. The average Bonchev–Trinajstić information content (AvgIpc) is 2.60. The van der Waals surface area contributed by atoms with Crippen LogP contribution in [0.15, 0.2) is 59.5 Å². The third-order valence-corrected chi connectivity index (χ3v) is 4.11. The third-order valence-electron chi connectivity index (χ3n) is 3.27. The number of ether oxygens (including phenoxy) is 2. The Morgan fingerprint density at radius 2 is 1.74 bits per heavy atom. The predicted molar refractivity (Wildman–Crippen MR) is 94.0 cm³/mol. The SMILES string of the molecule is CCCCCOC(=O)c1ccccc1OCSc1ccccc1. The molecule has 0 spiro atoms. The Hall–Kier alpha value is -1.94. The largest absolute Gasteiger partial charge is 0.482 e. The molecule has 0 aliphatic rings. The zero-order valence-electron chi connectivity index (χ0n) is 13.4. The molecule has 0 amide bonds. The number of unbranched alkanes of at least 4 members (excludes halogenated alkanes) is 2. The van der Waals surface area contributed by atoms with Crippen LogP contribution in [0.3, 0.4) is 0 Å². The molecule has 0 bridgehead atoms. The van der Waals surface area contributed by atoms with Crippen molar-refractivity contribution >= 4 is 17.7 Å². The lowest BCUT2D eigenvalue weighted by atomic mass is 10.2. The quantitative estimate of drug-likeness (QED) is 0.275. The Bertz CT molecular complexity index is 599. The summed E-state index contributed by atoms with van der Waals surface area (Å²) in [5.74, 6) is 0.697. The van der Waals surface area contributed by atoms with E-state index < -0.39 is 0 Å². The topological polar surface area (TPSA) is 35.5 Å². The molecule has 0 aliphatic carbocycles. The van der Waals surface area contributed by atoms with Crippen LogP contribution in [0.25, 0.3) is 0 Å². The molecule has 122 valence electrons. The summed E-state index contributed by atoms with van der Waals surface area (Å²) in [6, 6.07) is 17.2. The zero-order valence-corrected chi connectivity index (χ0v) is 14.2. The fraction of sp³-hybridized carbons (Fsp3) is 0.316. The second kappa shape index (κ2) is 9.95. The predicted octanol–water partition coefficient (Wildman–Crippen LogP) is 5.16. The molecule has 0 radical (unpaired) electrons. The zero-order chi connectivity index (χ0) is 16.3. The van der Waals surface area contributed by atoms with E-state index >= 15 is 0 Å². The summed E-state index contributed by atoms with van der Waals surface area (Å²) >= 11 is 1.59. The monoisotopic (exact) mass is 330 g/mol. The van der Waals surface area contributed by atoms with E-state index in [9.17, 15) is 4.79 Å². The van der Waals surface area contributed by atoms with Crippen molar-refractivity contribution in [1.29, 1.82) is 0 Å². The molecule has 0 saturated carbocycles. The molecule has 0 unspecified atom stereocenters. The van der Waals surface area contributed by atoms with Crippen molar-refractivity contribution in [3.05, 3.63) is 60.2 Å². The van der Waals surface area contributed by atoms with Gasteiger partial charge in [-0.3, -0.25) is 0 Å². The van der Waals surface area contributed by atoms with Crippen molar-refractivity contribution in [2.45, 2.75) is 31.1 Å². The van der Waals surface area contributed by atoms with Gasteiger partial charge in [-0.05, 0) is 30.7 Å². The molecule has 3 nitrogen and oxygen atoms in total. The summed E-state index contributed by atoms with van der Waals surface area (Å²) in [4.78, 5) is 13.3. The van der Waals surface area contributed by atoms with Crippen LogP contribution in [0.2, 0.25) is 0 Å². The number of carbonyl (C=O) groups excluding carboxylic acids is 1. The molecule has 0 aromatic heterocycles. The number of thioether (sulfide) groups is 1. The van der Waals surface area contributed by atoms with Crippen molar-refractivity contribution in [2.75, 3.05) is 12.5 Å². The average molecular weight is 330 g/mol. The first kappa shape index (κ1) is 17.4. The number of esters is 1. The summed E-state index contributed by atoms with van der Waals surface area (Å²) in [6.45, 7) is 2.58. The van der Waals surface area contributed by atoms with Crippen LogP contribution in [-0.2, 0) is 4.74 Å². The van der Waals surface area contributed by atoms with Crippen molar-refractivity contribution in [1.82, 2.24) is 0 Å². The molecule has 0 saturated heterocycles. The highest BCUT2D eigenvalue weighted by Crippen LogP contribution is 2.23. The van der Waals surface area contributed by atoms with Crippen molar-refractivity contribution in [3.63, 3.8) is 0 Å². The molecular formula is C19H22O3S. The van der Waals surface area contributed by atoms with E-state index in [0.717, 1.165) is 24.2 Å². The lowest BCUT2D eigenvalue weighted by Gasteiger charge is -2.11. The maximum atomic E-state index is 12.2. The van der Waals surface area contributed by atoms with Crippen LogP contribution in [-0.4, -0.2) is 18.5 Å². The van der Waals surface area contributed by atoms with E-state index in [0.29, 0.717) is 23.9 Å². The first-order valence-corrected chi connectivity index (χ1v) is 8.86. The van der Waals surface area contributed by atoms with Crippen LogP contribution in [0.1, 0.15) is 36.5 Å². The second-order valence-electron chi connectivity index (χ2n) is 5.06. The van der Waals surface area contributed by atoms with Gasteiger partial charge in [-0.2, -0.15) is 0 Å². The first-order chi connectivity index (χ1) is 11.3. The molecule has 0 heterocycles. The Labute approximate surface area is 142 Å². The molecule has 0 aliphatic heterocycles. The fourth-order valence-electron chi connectivity index (χ4n) is 2.03. The second-order valence-corrected chi connectivity index (χ2v) is 6.05. The van der Waals surface area contributed by atoms with Crippen molar-refractivity contribution in [3.8, 4) is 5.75 Å². The van der Waals surface area contributed by atoms with E-state index in [4.69, 9.17) is 9.47 Å². The minimum atomic E-state index is -0.318. The van der Waals surface area contributed by atoms with Gasteiger partial charge >= 0.3 is 5.97 Å². The smallest absolute Gasteiger partial charge is 0.341 e. The number of carbonyl (C=O) groups is 1. The molecule has 0 fully saturated rings. The Morgan fingerprint density at radius 3 is 2.52 bits per heavy atom. The summed E-state index contributed by atoms with van der Waals surface area (Å²) in [7, 11) is 0. The standard InChI is InChI=1S/C19H22O3S/c1-2-3-9-14-21-19(20)17-12-7-8-13-18(17)22-15-23-16-10-5-4-6-11-16/h4-8,10-13H,2-3,9,14-15H2,1H3. The maximum absolute atomic E-state index is 12.2. The van der Waals surface area contributed by atoms with Gasteiger partial charge < -0.3 is 9.47 Å². The molecule has 2 aromatic carbocycles. The summed E-state index contributed by atoms with van der Waals surface area (Å²) in [5, 5.41) is 0.